The minimum absolute atomic E-state index is 0.118. The lowest BCUT2D eigenvalue weighted by atomic mass is 9.90. The molecule has 0 bridgehead atoms. The SMILES string of the molecule is Cc1c(COC(C)C)cccc1NC(=O)NCC(C)(C)CCO. The van der Waals surface area contributed by atoms with Gasteiger partial charge in [0.2, 0.25) is 0 Å². The number of carbonyl (C=O) groups excluding carboxylic acids is 1. The third-order valence-electron chi connectivity index (χ3n) is 3.78. The molecule has 0 unspecified atom stereocenters. The van der Waals surface area contributed by atoms with Crippen LogP contribution < -0.4 is 10.6 Å². The van der Waals surface area contributed by atoms with Crippen LogP contribution in [0.1, 0.15) is 45.2 Å². The van der Waals surface area contributed by atoms with Gasteiger partial charge in [-0.05, 0) is 49.8 Å². The summed E-state index contributed by atoms with van der Waals surface area (Å²) in [5.41, 5.74) is 2.73. The van der Waals surface area contributed by atoms with Crippen LogP contribution in [0.25, 0.3) is 0 Å². The van der Waals surface area contributed by atoms with E-state index in [1.807, 2.05) is 52.8 Å². The molecule has 3 N–H and O–H groups in total. The van der Waals surface area contributed by atoms with Crippen molar-refractivity contribution in [2.45, 2.75) is 53.8 Å². The van der Waals surface area contributed by atoms with Crippen molar-refractivity contribution >= 4 is 11.7 Å². The van der Waals surface area contributed by atoms with Gasteiger partial charge in [-0.2, -0.15) is 0 Å². The van der Waals surface area contributed by atoms with Crippen molar-refractivity contribution in [1.82, 2.24) is 5.32 Å². The van der Waals surface area contributed by atoms with Gasteiger partial charge in [-0.3, -0.25) is 0 Å². The van der Waals surface area contributed by atoms with Gasteiger partial charge in [0.15, 0.2) is 0 Å². The van der Waals surface area contributed by atoms with Gasteiger partial charge in [0, 0.05) is 18.8 Å². The Hall–Kier alpha value is -1.59. The number of aliphatic hydroxyl groups is 1. The summed E-state index contributed by atoms with van der Waals surface area (Å²) < 4.78 is 5.64. The third kappa shape index (κ3) is 7.01. The average Bonchev–Trinajstić information content (AvgIpc) is 2.46. The molecule has 0 radical (unpaired) electrons. The third-order valence-corrected chi connectivity index (χ3v) is 3.78. The molecule has 0 atom stereocenters. The number of hydrogen-bond acceptors (Lipinski definition) is 3. The van der Waals surface area contributed by atoms with Crippen LogP contribution in [0.15, 0.2) is 18.2 Å². The zero-order valence-electron chi connectivity index (χ0n) is 14.9. The fourth-order valence-corrected chi connectivity index (χ4v) is 2.11. The lowest BCUT2D eigenvalue weighted by Gasteiger charge is -2.24. The summed E-state index contributed by atoms with van der Waals surface area (Å²) >= 11 is 0. The lowest BCUT2D eigenvalue weighted by molar-refractivity contribution is 0.0654. The van der Waals surface area contributed by atoms with Gasteiger partial charge in [-0.1, -0.05) is 26.0 Å². The fourth-order valence-electron chi connectivity index (χ4n) is 2.11. The second-order valence-electron chi connectivity index (χ2n) is 6.89. The Kier molecular flexibility index (Phi) is 7.52. The highest BCUT2D eigenvalue weighted by molar-refractivity contribution is 5.90. The summed E-state index contributed by atoms with van der Waals surface area (Å²) in [5.74, 6) is 0. The van der Waals surface area contributed by atoms with E-state index >= 15 is 0 Å². The number of carbonyl (C=O) groups is 1. The molecule has 23 heavy (non-hydrogen) atoms. The van der Waals surface area contributed by atoms with Gasteiger partial charge in [-0.25, -0.2) is 4.79 Å². The van der Waals surface area contributed by atoms with Crippen LogP contribution in [0.2, 0.25) is 0 Å². The zero-order chi connectivity index (χ0) is 17.5. The number of urea groups is 1. The number of hydrogen-bond donors (Lipinski definition) is 3. The average molecular weight is 322 g/mol. The van der Waals surface area contributed by atoms with Crippen molar-refractivity contribution in [3.63, 3.8) is 0 Å². The Morgan fingerprint density at radius 1 is 1.35 bits per heavy atom. The van der Waals surface area contributed by atoms with Gasteiger partial charge < -0.3 is 20.5 Å². The minimum Gasteiger partial charge on any atom is -0.396 e. The standard InChI is InChI=1S/C18H30N2O3/c1-13(2)23-11-15-7-6-8-16(14(15)3)20-17(22)19-12-18(4,5)9-10-21/h6-8,13,21H,9-12H2,1-5H3,(H2,19,20,22). The molecule has 1 aromatic carbocycles. The van der Waals surface area contributed by atoms with Crippen LogP contribution >= 0.6 is 0 Å². The van der Waals surface area contributed by atoms with Gasteiger partial charge in [0.25, 0.3) is 0 Å². The van der Waals surface area contributed by atoms with Crippen LogP contribution in [0.3, 0.4) is 0 Å². The van der Waals surface area contributed by atoms with Gasteiger partial charge in [0.1, 0.15) is 0 Å². The molecule has 0 aliphatic heterocycles. The van der Waals surface area contributed by atoms with Crippen LogP contribution in [-0.4, -0.2) is 30.4 Å². The molecular formula is C18H30N2O3. The van der Waals surface area contributed by atoms with E-state index in [0.29, 0.717) is 19.6 Å². The summed E-state index contributed by atoms with van der Waals surface area (Å²) in [4.78, 5) is 12.1. The molecule has 0 spiro atoms. The Bertz CT molecular complexity index is 513. The van der Waals surface area contributed by atoms with Crippen molar-refractivity contribution in [2.75, 3.05) is 18.5 Å². The number of amides is 2. The molecule has 0 aromatic heterocycles. The van der Waals surface area contributed by atoms with E-state index in [1.165, 1.54) is 0 Å². The molecular weight excluding hydrogens is 292 g/mol. The lowest BCUT2D eigenvalue weighted by Crippen LogP contribution is -2.37. The number of benzene rings is 1. The maximum atomic E-state index is 12.1. The molecule has 130 valence electrons. The predicted octanol–water partition coefficient (Wildman–Crippen LogP) is 3.45. The van der Waals surface area contributed by atoms with Crippen molar-refractivity contribution in [2.24, 2.45) is 5.41 Å². The monoisotopic (exact) mass is 322 g/mol. The maximum Gasteiger partial charge on any atom is 0.319 e. The number of nitrogens with one attached hydrogen (secondary N) is 2. The number of aliphatic hydroxyl groups excluding tert-OH is 1. The first-order valence-electron chi connectivity index (χ1n) is 8.11. The molecule has 0 fully saturated rings. The Labute approximate surface area is 139 Å². The number of anilines is 1. The molecule has 5 heteroatoms. The molecule has 0 heterocycles. The van der Waals surface area contributed by atoms with E-state index < -0.39 is 0 Å². The molecule has 0 aliphatic rings. The second kappa shape index (κ2) is 8.89. The highest BCUT2D eigenvalue weighted by atomic mass is 16.5. The van der Waals surface area contributed by atoms with E-state index in [0.717, 1.165) is 16.8 Å². The van der Waals surface area contributed by atoms with Crippen LogP contribution in [0, 0.1) is 12.3 Å². The number of ether oxygens (including phenoxy) is 1. The highest BCUT2D eigenvalue weighted by Crippen LogP contribution is 2.21. The topological polar surface area (TPSA) is 70.6 Å². The molecule has 1 aromatic rings. The summed E-state index contributed by atoms with van der Waals surface area (Å²) in [5, 5.41) is 14.8. The van der Waals surface area contributed by atoms with Gasteiger partial charge in [-0.15, -0.1) is 0 Å². The molecule has 1 rings (SSSR count). The molecule has 5 nitrogen and oxygen atoms in total. The molecule has 0 aliphatic carbocycles. The maximum absolute atomic E-state index is 12.1. The predicted molar refractivity (Wildman–Crippen MR) is 93.6 cm³/mol. The normalized spacial score (nSPS) is 11.6. The largest absolute Gasteiger partial charge is 0.396 e. The van der Waals surface area contributed by atoms with Gasteiger partial charge in [0.05, 0.1) is 12.7 Å². The Morgan fingerprint density at radius 2 is 2.04 bits per heavy atom. The smallest absolute Gasteiger partial charge is 0.319 e. The van der Waals surface area contributed by atoms with Crippen molar-refractivity contribution < 1.29 is 14.6 Å². The molecule has 2 amide bonds. The molecule has 0 saturated carbocycles. The van der Waals surface area contributed by atoms with Crippen molar-refractivity contribution in [1.29, 1.82) is 0 Å². The van der Waals surface area contributed by atoms with Crippen LogP contribution in [0.5, 0.6) is 0 Å². The fraction of sp³-hybridized carbons (Fsp3) is 0.611. The van der Waals surface area contributed by atoms with E-state index in [-0.39, 0.29) is 24.2 Å². The van der Waals surface area contributed by atoms with E-state index in [9.17, 15) is 4.79 Å². The second-order valence-corrected chi connectivity index (χ2v) is 6.89. The summed E-state index contributed by atoms with van der Waals surface area (Å²) in [6.07, 6.45) is 0.817. The first kappa shape index (κ1) is 19.5. The Morgan fingerprint density at radius 3 is 2.65 bits per heavy atom. The van der Waals surface area contributed by atoms with Crippen molar-refractivity contribution in [3.8, 4) is 0 Å². The highest BCUT2D eigenvalue weighted by Gasteiger charge is 2.18. The summed E-state index contributed by atoms with van der Waals surface area (Å²) in [6, 6.07) is 5.57. The summed E-state index contributed by atoms with van der Waals surface area (Å²) in [7, 11) is 0. The zero-order valence-corrected chi connectivity index (χ0v) is 14.9. The van der Waals surface area contributed by atoms with Crippen LogP contribution in [0.4, 0.5) is 10.5 Å². The first-order valence-corrected chi connectivity index (χ1v) is 8.11. The Balaban J connectivity index is 2.63. The first-order chi connectivity index (χ1) is 10.7. The van der Waals surface area contributed by atoms with E-state index in [4.69, 9.17) is 9.84 Å². The van der Waals surface area contributed by atoms with Gasteiger partial charge >= 0.3 is 6.03 Å². The number of rotatable bonds is 8. The molecule has 0 saturated heterocycles. The minimum atomic E-state index is -0.235. The van der Waals surface area contributed by atoms with E-state index in [1.54, 1.807) is 0 Å². The summed E-state index contributed by atoms with van der Waals surface area (Å²) in [6.45, 7) is 11.2. The van der Waals surface area contributed by atoms with E-state index in [2.05, 4.69) is 10.6 Å². The van der Waals surface area contributed by atoms with Crippen molar-refractivity contribution in [3.05, 3.63) is 29.3 Å². The quantitative estimate of drug-likeness (QED) is 0.686. The van der Waals surface area contributed by atoms with Crippen LogP contribution in [-0.2, 0) is 11.3 Å².